The zero-order chi connectivity index (χ0) is 16.7. The smallest absolute Gasteiger partial charge is 0.224 e. The van der Waals surface area contributed by atoms with Crippen LogP contribution >= 0.6 is 23.2 Å². The summed E-state index contributed by atoms with van der Waals surface area (Å²) in [6.07, 6.45) is 2.65. The fraction of sp³-hybridized carbons (Fsp3) is 0.167. The molecule has 0 aliphatic rings. The molecule has 0 spiro atoms. The standard InChI is InChI=1S/C18H17Cl2NO2/c1-2-11-23-15-7-5-14(6-8-15)21-18(22)10-4-13-3-9-16(19)17(20)12-13/h2-3,5-9,12H,1,4,10-11H2,(H,21,22). The summed E-state index contributed by atoms with van der Waals surface area (Å²) in [5.74, 6) is 0.675. The maximum Gasteiger partial charge on any atom is 0.224 e. The lowest BCUT2D eigenvalue weighted by Gasteiger charge is -2.08. The highest BCUT2D eigenvalue weighted by Gasteiger charge is 2.05. The van der Waals surface area contributed by atoms with Crippen LogP contribution in [0.15, 0.2) is 55.1 Å². The van der Waals surface area contributed by atoms with E-state index in [2.05, 4.69) is 11.9 Å². The van der Waals surface area contributed by atoms with Gasteiger partial charge in [-0.15, -0.1) is 0 Å². The van der Waals surface area contributed by atoms with Crippen molar-refractivity contribution in [1.29, 1.82) is 0 Å². The van der Waals surface area contributed by atoms with Crippen LogP contribution in [0.3, 0.4) is 0 Å². The third-order valence-electron chi connectivity index (χ3n) is 3.13. The lowest BCUT2D eigenvalue weighted by molar-refractivity contribution is -0.116. The molecule has 1 amide bonds. The quantitative estimate of drug-likeness (QED) is 0.703. The van der Waals surface area contributed by atoms with Crippen LogP contribution in [0, 0.1) is 0 Å². The van der Waals surface area contributed by atoms with Gasteiger partial charge in [-0.2, -0.15) is 0 Å². The molecule has 0 aromatic heterocycles. The molecule has 3 nitrogen and oxygen atoms in total. The normalized spacial score (nSPS) is 10.2. The summed E-state index contributed by atoms with van der Waals surface area (Å²) in [4.78, 5) is 12.0. The van der Waals surface area contributed by atoms with Crippen LogP contribution in [-0.4, -0.2) is 12.5 Å². The summed E-state index contributed by atoms with van der Waals surface area (Å²) in [5, 5.41) is 3.86. The molecular formula is C18H17Cl2NO2. The van der Waals surface area contributed by atoms with Crippen LogP contribution in [0.5, 0.6) is 5.75 Å². The monoisotopic (exact) mass is 349 g/mol. The average molecular weight is 350 g/mol. The number of ether oxygens (including phenoxy) is 1. The Bertz CT molecular complexity index is 684. The third kappa shape index (κ3) is 5.62. The number of hydrogen-bond acceptors (Lipinski definition) is 2. The van der Waals surface area contributed by atoms with E-state index in [1.165, 1.54) is 0 Å². The van der Waals surface area contributed by atoms with Crippen molar-refractivity contribution in [2.75, 3.05) is 11.9 Å². The van der Waals surface area contributed by atoms with Crippen molar-refractivity contribution in [2.24, 2.45) is 0 Å². The molecule has 0 atom stereocenters. The Kier molecular flexibility index (Phi) is 6.51. The second-order valence-corrected chi connectivity index (χ2v) is 5.74. The van der Waals surface area contributed by atoms with Gasteiger partial charge in [-0.25, -0.2) is 0 Å². The van der Waals surface area contributed by atoms with Gasteiger partial charge in [0.15, 0.2) is 0 Å². The van der Waals surface area contributed by atoms with E-state index < -0.39 is 0 Å². The number of nitrogens with one attached hydrogen (secondary N) is 1. The van der Waals surface area contributed by atoms with E-state index in [0.717, 1.165) is 17.0 Å². The van der Waals surface area contributed by atoms with Crippen LogP contribution in [0.2, 0.25) is 10.0 Å². The fourth-order valence-corrected chi connectivity index (χ4v) is 2.29. The molecule has 2 aromatic carbocycles. The van der Waals surface area contributed by atoms with Crippen LogP contribution in [0.1, 0.15) is 12.0 Å². The number of anilines is 1. The van der Waals surface area contributed by atoms with E-state index in [1.807, 2.05) is 6.07 Å². The molecule has 0 radical (unpaired) electrons. The van der Waals surface area contributed by atoms with Crippen molar-refractivity contribution in [1.82, 2.24) is 0 Å². The molecule has 2 aromatic rings. The second-order valence-electron chi connectivity index (χ2n) is 4.92. The largest absolute Gasteiger partial charge is 0.490 e. The SMILES string of the molecule is C=CCOc1ccc(NC(=O)CCc2ccc(Cl)c(Cl)c2)cc1. The van der Waals surface area contributed by atoms with E-state index >= 15 is 0 Å². The van der Waals surface area contributed by atoms with Crippen molar-refractivity contribution < 1.29 is 9.53 Å². The molecule has 0 saturated carbocycles. The van der Waals surface area contributed by atoms with Gasteiger partial charge in [0.1, 0.15) is 12.4 Å². The Morgan fingerprint density at radius 2 is 1.87 bits per heavy atom. The van der Waals surface area contributed by atoms with Gasteiger partial charge in [0, 0.05) is 12.1 Å². The molecular weight excluding hydrogens is 333 g/mol. The van der Waals surface area contributed by atoms with E-state index in [9.17, 15) is 4.79 Å². The topological polar surface area (TPSA) is 38.3 Å². The molecule has 5 heteroatoms. The van der Waals surface area contributed by atoms with Crippen LogP contribution in [-0.2, 0) is 11.2 Å². The zero-order valence-electron chi connectivity index (χ0n) is 12.5. The number of benzene rings is 2. The molecule has 0 aliphatic carbocycles. The molecule has 2 rings (SSSR count). The van der Waals surface area contributed by atoms with Gasteiger partial charge in [0.05, 0.1) is 10.0 Å². The van der Waals surface area contributed by atoms with Gasteiger partial charge in [0.2, 0.25) is 5.91 Å². The minimum absolute atomic E-state index is 0.0594. The second kappa shape index (κ2) is 8.61. The van der Waals surface area contributed by atoms with Gasteiger partial charge in [-0.3, -0.25) is 4.79 Å². The Morgan fingerprint density at radius 1 is 1.13 bits per heavy atom. The minimum Gasteiger partial charge on any atom is -0.490 e. The van der Waals surface area contributed by atoms with Crippen molar-refractivity contribution in [3.05, 3.63) is 70.7 Å². The maximum absolute atomic E-state index is 12.0. The highest BCUT2D eigenvalue weighted by Crippen LogP contribution is 2.23. The third-order valence-corrected chi connectivity index (χ3v) is 3.87. The first-order valence-electron chi connectivity index (χ1n) is 7.16. The van der Waals surface area contributed by atoms with Gasteiger partial charge >= 0.3 is 0 Å². The van der Waals surface area contributed by atoms with Crippen LogP contribution in [0.4, 0.5) is 5.69 Å². The molecule has 0 aliphatic heterocycles. The maximum atomic E-state index is 12.0. The highest BCUT2D eigenvalue weighted by molar-refractivity contribution is 6.42. The van der Waals surface area contributed by atoms with E-state index in [-0.39, 0.29) is 5.91 Å². The van der Waals surface area contributed by atoms with Crippen molar-refractivity contribution in [2.45, 2.75) is 12.8 Å². The Morgan fingerprint density at radius 3 is 2.52 bits per heavy atom. The first-order chi connectivity index (χ1) is 11.1. The van der Waals surface area contributed by atoms with Crippen LogP contribution in [0.25, 0.3) is 0 Å². The molecule has 23 heavy (non-hydrogen) atoms. The van der Waals surface area contributed by atoms with E-state index in [1.54, 1.807) is 42.5 Å². The predicted molar refractivity (Wildman–Crippen MR) is 95.5 cm³/mol. The summed E-state index contributed by atoms with van der Waals surface area (Å²) in [7, 11) is 0. The number of hydrogen-bond donors (Lipinski definition) is 1. The molecule has 0 bridgehead atoms. The van der Waals surface area contributed by atoms with Crippen molar-refractivity contribution in [3.8, 4) is 5.75 Å². The van der Waals surface area contributed by atoms with Crippen molar-refractivity contribution in [3.63, 3.8) is 0 Å². The van der Waals surface area contributed by atoms with Crippen molar-refractivity contribution >= 4 is 34.8 Å². The lowest BCUT2D eigenvalue weighted by Crippen LogP contribution is -2.12. The molecule has 0 unspecified atom stereocenters. The molecule has 120 valence electrons. The number of rotatable bonds is 7. The predicted octanol–water partition coefficient (Wildman–Crippen LogP) is 5.13. The average Bonchev–Trinajstić information content (AvgIpc) is 2.55. The summed E-state index contributed by atoms with van der Waals surface area (Å²) in [6.45, 7) is 4.04. The number of aryl methyl sites for hydroxylation is 1. The Labute approximate surface area is 145 Å². The molecule has 1 N–H and O–H groups in total. The highest BCUT2D eigenvalue weighted by atomic mass is 35.5. The number of carbonyl (C=O) groups is 1. The lowest BCUT2D eigenvalue weighted by atomic mass is 10.1. The van der Waals surface area contributed by atoms with Gasteiger partial charge < -0.3 is 10.1 Å². The van der Waals surface area contributed by atoms with E-state index in [4.69, 9.17) is 27.9 Å². The van der Waals surface area contributed by atoms with E-state index in [0.29, 0.717) is 29.5 Å². The van der Waals surface area contributed by atoms with Gasteiger partial charge in [-0.1, -0.05) is 41.9 Å². The number of amides is 1. The number of halogens is 2. The fourth-order valence-electron chi connectivity index (χ4n) is 1.97. The molecule has 0 heterocycles. The Balaban J connectivity index is 1.84. The van der Waals surface area contributed by atoms with Gasteiger partial charge in [0.25, 0.3) is 0 Å². The molecule has 0 saturated heterocycles. The summed E-state index contributed by atoms with van der Waals surface area (Å²) in [5.41, 5.74) is 1.71. The minimum atomic E-state index is -0.0594. The summed E-state index contributed by atoms with van der Waals surface area (Å²) in [6, 6.07) is 12.6. The number of carbonyl (C=O) groups excluding carboxylic acids is 1. The summed E-state index contributed by atoms with van der Waals surface area (Å²) < 4.78 is 5.39. The zero-order valence-corrected chi connectivity index (χ0v) is 14.0. The van der Waals surface area contributed by atoms with Gasteiger partial charge in [-0.05, 0) is 48.4 Å². The van der Waals surface area contributed by atoms with Crippen LogP contribution < -0.4 is 10.1 Å². The first-order valence-corrected chi connectivity index (χ1v) is 7.91. The Hall–Kier alpha value is -1.97. The summed E-state index contributed by atoms with van der Waals surface area (Å²) >= 11 is 11.8. The molecule has 0 fully saturated rings. The first kappa shape index (κ1) is 17.4.